The minimum Gasteiger partial charge on any atom is -0.497 e. The molecule has 1 saturated heterocycles. The summed E-state index contributed by atoms with van der Waals surface area (Å²) in [6, 6.07) is 24.8. The highest BCUT2D eigenvalue weighted by molar-refractivity contribution is 5.77. The summed E-state index contributed by atoms with van der Waals surface area (Å²) in [5, 5.41) is 10.6. The molecule has 2 heterocycles. The normalized spacial score (nSPS) is 14.6. The van der Waals surface area contributed by atoms with Gasteiger partial charge in [-0.25, -0.2) is 9.78 Å². The Kier molecular flexibility index (Phi) is 7.84. The molecule has 39 heavy (non-hydrogen) atoms. The standard InChI is InChI=1S/C31H32N2O6/c1-36-25-12-8-23(9-13-25)27-28(24-10-14-26(37-2)15-11-24)39-29(32-27)31(21-34)16-18-33(19-17-31)30(35)38-20-22-6-4-3-5-7-22/h3-15,34H,16-21H2,1-2H3. The summed E-state index contributed by atoms with van der Waals surface area (Å²) in [5.41, 5.74) is 2.60. The van der Waals surface area contributed by atoms with Gasteiger partial charge in [-0.1, -0.05) is 30.3 Å². The molecule has 0 unspecified atom stereocenters. The molecule has 8 nitrogen and oxygen atoms in total. The van der Waals surface area contributed by atoms with E-state index in [9.17, 15) is 9.90 Å². The molecule has 1 aromatic heterocycles. The van der Waals surface area contributed by atoms with Gasteiger partial charge in [-0.3, -0.25) is 0 Å². The molecule has 0 atom stereocenters. The van der Waals surface area contributed by atoms with E-state index in [0.29, 0.717) is 43.3 Å². The fourth-order valence-electron chi connectivity index (χ4n) is 4.80. The van der Waals surface area contributed by atoms with Gasteiger partial charge in [0.25, 0.3) is 0 Å². The molecular formula is C31H32N2O6. The number of ether oxygens (including phenoxy) is 3. The van der Waals surface area contributed by atoms with Gasteiger partial charge in [0.1, 0.15) is 23.8 Å². The number of benzene rings is 3. The topological polar surface area (TPSA) is 94.3 Å². The van der Waals surface area contributed by atoms with Gasteiger partial charge < -0.3 is 28.6 Å². The fourth-order valence-corrected chi connectivity index (χ4v) is 4.80. The number of hydrogen-bond donors (Lipinski definition) is 1. The van der Waals surface area contributed by atoms with Gasteiger partial charge >= 0.3 is 6.09 Å². The van der Waals surface area contributed by atoms with Gasteiger partial charge in [0.15, 0.2) is 5.76 Å². The first-order valence-corrected chi connectivity index (χ1v) is 12.9. The van der Waals surface area contributed by atoms with Gasteiger partial charge in [-0.15, -0.1) is 0 Å². The van der Waals surface area contributed by atoms with Crippen molar-refractivity contribution in [3.8, 4) is 34.1 Å². The number of carbonyl (C=O) groups is 1. The lowest BCUT2D eigenvalue weighted by atomic mass is 9.79. The van der Waals surface area contributed by atoms with E-state index in [0.717, 1.165) is 28.2 Å². The first-order chi connectivity index (χ1) is 19.0. The zero-order valence-corrected chi connectivity index (χ0v) is 22.1. The van der Waals surface area contributed by atoms with Crippen LogP contribution in [-0.2, 0) is 16.8 Å². The molecule has 0 aliphatic carbocycles. The SMILES string of the molecule is COc1ccc(-c2nc(C3(CO)CCN(C(=O)OCc4ccccc4)CC3)oc2-c2ccc(OC)cc2)cc1. The molecule has 1 aliphatic rings. The Morgan fingerprint density at radius 2 is 1.49 bits per heavy atom. The lowest BCUT2D eigenvalue weighted by Gasteiger charge is -2.38. The van der Waals surface area contributed by atoms with Crippen molar-refractivity contribution in [2.24, 2.45) is 0 Å². The third-order valence-corrected chi connectivity index (χ3v) is 7.28. The first-order valence-electron chi connectivity index (χ1n) is 12.9. The predicted molar refractivity (Wildman–Crippen MR) is 147 cm³/mol. The summed E-state index contributed by atoms with van der Waals surface area (Å²) in [6.45, 7) is 0.917. The second-order valence-electron chi connectivity index (χ2n) is 9.62. The van der Waals surface area contributed by atoms with Crippen LogP contribution in [0.25, 0.3) is 22.6 Å². The van der Waals surface area contributed by atoms with Crippen LogP contribution in [0.2, 0.25) is 0 Å². The van der Waals surface area contributed by atoms with Crippen molar-refractivity contribution >= 4 is 6.09 Å². The molecule has 0 saturated carbocycles. The number of piperidine rings is 1. The van der Waals surface area contributed by atoms with Crippen molar-refractivity contribution in [1.82, 2.24) is 9.88 Å². The molecule has 5 rings (SSSR count). The summed E-state index contributed by atoms with van der Waals surface area (Å²) in [4.78, 5) is 19.3. The summed E-state index contributed by atoms with van der Waals surface area (Å²) in [6.07, 6.45) is 0.624. The number of amides is 1. The lowest BCUT2D eigenvalue weighted by molar-refractivity contribution is 0.0558. The number of rotatable bonds is 8. The Morgan fingerprint density at radius 1 is 0.897 bits per heavy atom. The second-order valence-corrected chi connectivity index (χ2v) is 9.62. The maximum Gasteiger partial charge on any atom is 0.410 e. The Balaban J connectivity index is 1.39. The van der Waals surface area contributed by atoms with Crippen molar-refractivity contribution in [1.29, 1.82) is 0 Å². The highest BCUT2D eigenvalue weighted by Crippen LogP contribution is 2.41. The van der Waals surface area contributed by atoms with Gasteiger partial charge in [-0.2, -0.15) is 0 Å². The van der Waals surface area contributed by atoms with Crippen molar-refractivity contribution < 1.29 is 28.5 Å². The average molecular weight is 529 g/mol. The zero-order chi connectivity index (χ0) is 27.2. The average Bonchev–Trinajstić information content (AvgIpc) is 3.47. The highest BCUT2D eigenvalue weighted by Gasteiger charge is 2.42. The van der Waals surface area contributed by atoms with Crippen LogP contribution in [0.3, 0.4) is 0 Å². The molecular weight excluding hydrogens is 496 g/mol. The van der Waals surface area contributed by atoms with E-state index in [1.54, 1.807) is 19.1 Å². The molecule has 1 N–H and O–H groups in total. The largest absolute Gasteiger partial charge is 0.497 e. The molecule has 0 bridgehead atoms. The van der Waals surface area contributed by atoms with Crippen molar-refractivity contribution in [2.75, 3.05) is 33.9 Å². The van der Waals surface area contributed by atoms with E-state index in [1.165, 1.54) is 0 Å². The van der Waals surface area contributed by atoms with Crippen LogP contribution < -0.4 is 9.47 Å². The van der Waals surface area contributed by atoms with Crippen LogP contribution in [0, 0.1) is 0 Å². The monoisotopic (exact) mass is 528 g/mol. The van der Waals surface area contributed by atoms with E-state index in [-0.39, 0.29) is 19.3 Å². The number of aliphatic hydroxyl groups excluding tert-OH is 1. The Labute approximate surface area is 227 Å². The minimum atomic E-state index is -0.720. The van der Waals surface area contributed by atoms with Crippen LogP contribution in [0.15, 0.2) is 83.3 Å². The van der Waals surface area contributed by atoms with Crippen LogP contribution in [-0.4, -0.2) is 55.0 Å². The molecule has 4 aromatic rings. The summed E-state index contributed by atoms with van der Waals surface area (Å²) < 4.78 is 22.6. The summed E-state index contributed by atoms with van der Waals surface area (Å²) in [7, 11) is 3.25. The van der Waals surface area contributed by atoms with Gasteiger partial charge in [0.05, 0.1) is 26.2 Å². The maximum absolute atomic E-state index is 12.7. The molecule has 0 spiro atoms. The van der Waals surface area contributed by atoms with E-state index in [4.69, 9.17) is 23.6 Å². The molecule has 3 aromatic carbocycles. The highest BCUT2D eigenvalue weighted by atomic mass is 16.6. The number of aromatic nitrogens is 1. The van der Waals surface area contributed by atoms with E-state index < -0.39 is 5.41 Å². The molecule has 8 heteroatoms. The third-order valence-electron chi connectivity index (χ3n) is 7.28. The minimum absolute atomic E-state index is 0.148. The quantitative estimate of drug-likeness (QED) is 0.314. The third kappa shape index (κ3) is 5.61. The smallest absolute Gasteiger partial charge is 0.410 e. The van der Waals surface area contributed by atoms with Crippen LogP contribution >= 0.6 is 0 Å². The Bertz CT molecular complexity index is 1310. The van der Waals surface area contributed by atoms with E-state index in [2.05, 4.69) is 0 Å². The van der Waals surface area contributed by atoms with Crippen molar-refractivity contribution in [3.63, 3.8) is 0 Å². The number of aliphatic hydroxyl groups is 1. The maximum atomic E-state index is 12.7. The Morgan fingerprint density at radius 3 is 2.05 bits per heavy atom. The summed E-state index contributed by atoms with van der Waals surface area (Å²) >= 11 is 0. The number of likely N-dealkylation sites (tertiary alicyclic amines) is 1. The number of methoxy groups -OCH3 is 2. The molecule has 1 fully saturated rings. The Hall–Kier alpha value is -4.30. The molecule has 1 aliphatic heterocycles. The van der Waals surface area contributed by atoms with Crippen LogP contribution in [0.1, 0.15) is 24.3 Å². The van der Waals surface area contributed by atoms with Gasteiger partial charge in [-0.05, 0) is 66.9 Å². The number of nitrogens with zero attached hydrogens (tertiary/aromatic N) is 2. The number of carbonyl (C=O) groups excluding carboxylic acids is 1. The fraction of sp³-hybridized carbons (Fsp3) is 0.290. The zero-order valence-electron chi connectivity index (χ0n) is 22.1. The predicted octanol–water partition coefficient (Wildman–Crippen LogP) is 5.69. The first kappa shape index (κ1) is 26.3. The molecule has 0 radical (unpaired) electrons. The molecule has 202 valence electrons. The lowest BCUT2D eigenvalue weighted by Crippen LogP contribution is -2.47. The van der Waals surface area contributed by atoms with Gasteiger partial charge in [0, 0.05) is 24.2 Å². The van der Waals surface area contributed by atoms with E-state index >= 15 is 0 Å². The van der Waals surface area contributed by atoms with Crippen LogP contribution in [0.4, 0.5) is 4.79 Å². The van der Waals surface area contributed by atoms with Crippen LogP contribution in [0.5, 0.6) is 11.5 Å². The number of oxazole rings is 1. The van der Waals surface area contributed by atoms with E-state index in [1.807, 2.05) is 78.9 Å². The summed E-state index contributed by atoms with van der Waals surface area (Å²) in [5.74, 6) is 2.55. The molecule has 1 amide bonds. The second kappa shape index (κ2) is 11.6. The van der Waals surface area contributed by atoms with Crippen molar-refractivity contribution in [3.05, 3.63) is 90.3 Å². The van der Waals surface area contributed by atoms with Gasteiger partial charge in [0.2, 0.25) is 5.89 Å². The van der Waals surface area contributed by atoms with Crippen molar-refractivity contribution in [2.45, 2.75) is 24.9 Å². The number of hydrogen-bond acceptors (Lipinski definition) is 7.